The Balaban J connectivity index is 2.30. The van der Waals surface area contributed by atoms with Gasteiger partial charge in [0.1, 0.15) is 12.1 Å². The number of unbranched alkanes of at least 4 members (excludes halogenated alkanes) is 1. The molecule has 1 aliphatic heterocycles. The number of carbonyl (C=O) groups is 6. The Morgan fingerprint density at radius 1 is 0.932 bits per heavy atom. The number of hydrogen-bond donors (Lipinski definition) is 3. The molecule has 0 aliphatic carbocycles. The van der Waals surface area contributed by atoms with Gasteiger partial charge in [0.05, 0.1) is 10.8 Å². The van der Waals surface area contributed by atoms with Crippen molar-refractivity contribution in [1.82, 2.24) is 15.5 Å². The molecule has 1 aromatic carbocycles. The van der Waals surface area contributed by atoms with Gasteiger partial charge < -0.3 is 30.7 Å². The summed E-state index contributed by atoms with van der Waals surface area (Å²) in [5.41, 5.74) is -1.68. The minimum atomic E-state index is -5.54. The Bertz CT molecular complexity index is 1720. The molecule has 59 heavy (non-hydrogen) atoms. The van der Waals surface area contributed by atoms with Crippen LogP contribution in [0.15, 0.2) is 30.3 Å². The van der Waals surface area contributed by atoms with Gasteiger partial charge in [0, 0.05) is 30.6 Å². The van der Waals surface area contributed by atoms with Crippen LogP contribution < -0.4 is 16.4 Å². The summed E-state index contributed by atoms with van der Waals surface area (Å²) >= 11 is 0. The van der Waals surface area contributed by atoms with Gasteiger partial charge in [-0.25, -0.2) is 0 Å². The molecule has 0 saturated carbocycles. The van der Waals surface area contributed by atoms with E-state index in [9.17, 15) is 33.3 Å². The van der Waals surface area contributed by atoms with Crippen LogP contribution in [0.3, 0.4) is 0 Å². The molecular formula is C41H63F2N4O11P. The number of allylic oxidation sites excluding steroid dienone is 1. The van der Waals surface area contributed by atoms with Crippen LogP contribution in [0.25, 0.3) is 5.57 Å². The van der Waals surface area contributed by atoms with Crippen molar-refractivity contribution in [3.05, 3.63) is 41.5 Å². The minimum Gasteiger partial charge on any atom is -0.438 e. The van der Waals surface area contributed by atoms with E-state index in [1.165, 1.54) is 64.7 Å². The third-order valence-electron chi connectivity index (χ3n) is 9.41. The van der Waals surface area contributed by atoms with Gasteiger partial charge in [-0.1, -0.05) is 57.9 Å². The molecule has 15 nitrogen and oxygen atoms in total. The van der Waals surface area contributed by atoms with Gasteiger partial charge in [0.15, 0.2) is 0 Å². The van der Waals surface area contributed by atoms with E-state index in [2.05, 4.69) is 10.6 Å². The zero-order valence-electron chi connectivity index (χ0n) is 36.2. The number of amides is 4. The summed E-state index contributed by atoms with van der Waals surface area (Å²) < 4.78 is 65.3. The Kier molecular flexibility index (Phi) is 18.0. The molecule has 332 valence electrons. The number of ether oxygens (including phenoxy) is 2. The highest BCUT2D eigenvalue weighted by molar-refractivity contribution is 7.54. The number of likely N-dealkylation sites (tertiary alicyclic amines) is 1. The number of carbonyl (C=O) groups excluding carboxylic acids is 6. The van der Waals surface area contributed by atoms with E-state index >= 15 is 8.78 Å². The smallest absolute Gasteiger partial charge is 0.410 e. The lowest BCUT2D eigenvalue weighted by Gasteiger charge is -2.29. The van der Waals surface area contributed by atoms with E-state index in [-0.39, 0.29) is 24.9 Å². The fourth-order valence-electron chi connectivity index (χ4n) is 5.89. The fraction of sp³-hybridized carbons (Fsp3) is 0.659. The maximum Gasteiger partial charge on any atom is 0.410 e. The number of hydrogen-bond acceptors (Lipinski definition) is 11. The van der Waals surface area contributed by atoms with E-state index in [0.717, 1.165) is 18.6 Å². The first kappa shape index (κ1) is 50.9. The molecule has 4 amide bonds. The average molecular weight is 857 g/mol. The van der Waals surface area contributed by atoms with Crippen molar-refractivity contribution < 1.29 is 60.6 Å². The molecular weight excluding hydrogens is 793 g/mol. The second-order valence-corrected chi connectivity index (χ2v) is 19.8. The number of rotatable bonds is 20. The summed E-state index contributed by atoms with van der Waals surface area (Å²) in [7, 11) is -5.54. The third kappa shape index (κ3) is 15.1. The number of primary amides is 1. The predicted molar refractivity (Wildman–Crippen MR) is 216 cm³/mol. The molecule has 4 N–H and O–H groups in total. The summed E-state index contributed by atoms with van der Waals surface area (Å²) in [5, 5.41) is 5.64. The second kappa shape index (κ2) is 20.9. The van der Waals surface area contributed by atoms with Crippen LogP contribution in [0.4, 0.5) is 8.78 Å². The van der Waals surface area contributed by atoms with Gasteiger partial charge in [-0.15, -0.1) is 0 Å². The van der Waals surface area contributed by atoms with E-state index in [0.29, 0.717) is 36.8 Å². The monoisotopic (exact) mass is 856 g/mol. The topological polar surface area (TPSA) is 210 Å². The minimum absolute atomic E-state index is 0.0940. The Morgan fingerprint density at radius 2 is 1.46 bits per heavy atom. The summed E-state index contributed by atoms with van der Waals surface area (Å²) in [6.07, 6.45) is 3.66. The summed E-state index contributed by atoms with van der Waals surface area (Å²) in [6, 6.07) is 2.29. The first-order chi connectivity index (χ1) is 27.0. The summed E-state index contributed by atoms with van der Waals surface area (Å²) in [6.45, 7) is 16.2. The third-order valence-corrected chi connectivity index (χ3v) is 11.2. The van der Waals surface area contributed by atoms with Crippen molar-refractivity contribution in [2.75, 3.05) is 20.1 Å². The van der Waals surface area contributed by atoms with Crippen molar-refractivity contribution in [3.63, 3.8) is 0 Å². The average Bonchev–Trinajstić information content (AvgIpc) is 3.46. The first-order valence-electron chi connectivity index (χ1n) is 19.6. The maximum atomic E-state index is 16.0. The van der Waals surface area contributed by atoms with Crippen LogP contribution in [0.2, 0.25) is 0 Å². The number of esters is 2. The highest BCUT2D eigenvalue weighted by atomic mass is 31.2. The lowest BCUT2D eigenvalue weighted by atomic mass is 9.90. The normalized spacial score (nSPS) is 17.1. The molecule has 1 heterocycles. The second-order valence-electron chi connectivity index (χ2n) is 17.8. The van der Waals surface area contributed by atoms with E-state index in [1.807, 2.05) is 20.8 Å². The van der Waals surface area contributed by atoms with Crippen LogP contribution in [0, 0.1) is 16.2 Å². The predicted octanol–water partition coefficient (Wildman–Crippen LogP) is 6.53. The van der Waals surface area contributed by atoms with E-state index in [1.54, 1.807) is 13.8 Å². The number of nitrogens with zero attached hydrogens (tertiary/aromatic N) is 1. The molecule has 2 rings (SSSR count). The number of benzene rings is 1. The number of nitrogens with two attached hydrogens (primary N) is 1. The molecule has 0 radical (unpaired) electrons. The van der Waals surface area contributed by atoms with Gasteiger partial charge >= 0.3 is 25.2 Å². The summed E-state index contributed by atoms with van der Waals surface area (Å²) in [4.78, 5) is 77.9. The number of nitrogens with one attached hydrogen (secondary N) is 2. The van der Waals surface area contributed by atoms with Crippen molar-refractivity contribution in [2.45, 2.75) is 138 Å². The molecule has 1 fully saturated rings. The molecule has 0 spiro atoms. The Morgan fingerprint density at radius 3 is 1.93 bits per heavy atom. The first-order valence-corrected chi connectivity index (χ1v) is 21.2. The molecule has 1 aliphatic rings. The largest absolute Gasteiger partial charge is 0.438 e. The SMILES string of the molecule is CCCC[C@H](NC(=O)/C=C(\C)c1ccc(C(F)(F)P(=O)(OCOC(=O)C(C)(C)C)OCOC(=O)C(C)(C)C)cc1)C(=O)N1CC(C)(C)CC1C(=O)NC(C)CCC(N)=O. The Labute approximate surface area is 346 Å². The van der Waals surface area contributed by atoms with Gasteiger partial charge in [-0.05, 0) is 91.2 Å². The summed E-state index contributed by atoms with van der Waals surface area (Å²) in [5.74, 6) is -3.55. The van der Waals surface area contributed by atoms with Gasteiger partial charge in [0.25, 0.3) is 0 Å². The standard InChI is InChI=1S/C41H63F2N4O11P/c1-12-13-14-30(35(51)47-23-40(10,11)22-31(47)34(50)45-27(3)15-20-32(44)48)46-33(49)21-26(2)28-16-18-29(19-17-28)41(42,43)59(54,57-24-55-36(52)38(4,5)6)58-25-56-37(53)39(7,8)9/h16-19,21,27,30-31H,12-15,20,22-25H2,1-11H3,(H2,44,48)(H,45,50)(H,46,49)/b26-21+/t27?,30-,31?/m0/s1. The van der Waals surface area contributed by atoms with Crippen molar-refractivity contribution >= 4 is 48.7 Å². The molecule has 2 unspecified atom stereocenters. The quantitative estimate of drug-likeness (QED) is 0.0556. The highest BCUT2D eigenvalue weighted by Gasteiger charge is 2.56. The van der Waals surface area contributed by atoms with E-state index < -0.39 is 90.4 Å². The van der Waals surface area contributed by atoms with Gasteiger partial charge in [-0.2, -0.15) is 8.78 Å². The highest BCUT2D eigenvalue weighted by Crippen LogP contribution is 2.67. The maximum absolute atomic E-state index is 16.0. The molecule has 18 heteroatoms. The number of alkyl halides is 2. The molecule has 3 atom stereocenters. The van der Waals surface area contributed by atoms with Crippen LogP contribution in [-0.2, 0) is 57.5 Å². The molecule has 0 bridgehead atoms. The van der Waals surface area contributed by atoms with Crippen LogP contribution in [0.1, 0.15) is 126 Å². The van der Waals surface area contributed by atoms with Gasteiger partial charge in [-0.3, -0.25) is 42.4 Å². The van der Waals surface area contributed by atoms with Crippen molar-refractivity contribution in [1.29, 1.82) is 0 Å². The van der Waals surface area contributed by atoms with Crippen molar-refractivity contribution in [3.8, 4) is 0 Å². The molecule has 1 aromatic rings. The zero-order chi connectivity index (χ0) is 45.1. The van der Waals surface area contributed by atoms with Crippen molar-refractivity contribution in [2.24, 2.45) is 22.0 Å². The van der Waals surface area contributed by atoms with E-state index in [4.69, 9.17) is 24.3 Å². The number of halogens is 2. The lowest BCUT2D eigenvalue weighted by molar-refractivity contribution is -0.163. The molecule has 1 saturated heterocycles. The fourth-order valence-corrected chi connectivity index (χ4v) is 7.13. The molecule has 0 aromatic heterocycles. The van der Waals surface area contributed by atoms with Crippen LogP contribution in [-0.4, -0.2) is 78.7 Å². The zero-order valence-corrected chi connectivity index (χ0v) is 37.1. The Hall–Kier alpha value is -4.21. The van der Waals surface area contributed by atoms with Crippen LogP contribution >= 0.6 is 7.60 Å². The van der Waals surface area contributed by atoms with Gasteiger partial charge in [0.2, 0.25) is 37.2 Å². The lowest BCUT2D eigenvalue weighted by Crippen LogP contribution is -2.54. The van der Waals surface area contributed by atoms with Crippen LogP contribution in [0.5, 0.6) is 0 Å².